The van der Waals surface area contributed by atoms with Gasteiger partial charge in [0.1, 0.15) is 47.6 Å². The molecular weight excluding hydrogens is 563 g/mol. The van der Waals surface area contributed by atoms with Crippen molar-refractivity contribution in [3.8, 4) is 23.1 Å². The second kappa shape index (κ2) is 10.2. The Balaban J connectivity index is 1.32. The highest BCUT2D eigenvalue weighted by Gasteiger charge is 2.49. The Kier molecular flexibility index (Phi) is 6.37. The van der Waals surface area contributed by atoms with Crippen LogP contribution < -0.4 is 14.4 Å². The van der Waals surface area contributed by atoms with Crippen molar-refractivity contribution in [1.82, 2.24) is 30.0 Å². The highest BCUT2D eigenvalue weighted by molar-refractivity contribution is 6.01. The lowest BCUT2D eigenvalue weighted by Gasteiger charge is -2.31. The van der Waals surface area contributed by atoms with E-state index < -0.39 is 23.3 Å². The quantitative estimate of drug-likeness (QED) is 0.361. The molecule has 4 aliphatic heterocycles. The number of benzene rings is 1. The monoisotopic (exact) mass is 595 g/mol. The van der Waals surface area contributed by atoms with Crippen LogP contribution in [0.25, 0.3) is 33.1 Å². The number of alkyl halides is 1. The molecule has 0 bridgehead atoms. The summed E-state index contributed by atoms with van der Waals surface area (Å²) in [5, 5.41) is 7.73. The van der Waals surface area contributed by atoms with Crippen LogP contribution >= 0.6 is 0 Å². The number of hydrogen-bond donors (Lipinski definition) is 1. The second-order valence-electron chi connectivity index (χ2n) is 12.0. The van der Waals surface area contributed by atoms with Crippen LogP contribution in [0.15, 0.2) is 12.3 Å². The SMILES string of the molecule is CCc1c(F)cc2[nH]ncc2c1-c1nc2c3c(nc(OC[C@@]45CCCN4C[C@H](F)C5)nc3c1F)N1CCCOC[C@H]1CO2. The fourth-order valence-corrected chi connectivity index (χ4v) is 7.43. The summed E-state index contributed by atoms with van der Waals surface area (Å²) in [5.74, 6) is -0.586. The minimum Gasteiger partial charge on any atom is -0.475 e. The molecule has 13 heteroatoms. The van der Waals surface area contributed by atoms with Gasteiger partial charge in [0.25, 0.3) is 0 Å². The molecular formula is C30H32F3N7O3. The summed E-state index contributed by atoms with van der Waals surface area (Å²) in [7, 11) is 0. The molecule has 4 aliphatic rings. The number of fused-ring (bicyclic) bond motifs is 4. The maximum absolute atomic E-state index is 16.9. The van der Waals surface area contributed by atoms with Crippen molar-refractivity contribution in [2.24, 2.45) is 0 Å². The number of halogens is 3. The number of hydrogen-bond acceptors (Lipinski definition) is 9. The zero-order valence-electron chi connectivity index (χ0n) is 23.8. The van der Waals surface area contributed by atoms with Gasteiger partial charge in [-0.3, -0.25) is 10.00 Å². The number of H-pyrrole nitrogens is 1. The first-order valence-corrected chi connectivity index (χ1v) is 15.0. The molecule has 0 spiro atoms. The van der Waals surface area contributed by atoms with E-state index in [2.05, 4.69) is 30.0 Å². The van der Waals surface area contributed by atoms with E-state index in [9.17, 15) is 4.39 Å². The number of ether oxygens (including phenoxy) is 3. The third-order valence-corrected chi connectivity index (χ3v) is 9.46. The van der Waals surface area contributed by atoms with Crippen molar-refractivity contribution in [2.45, 2.75) is 56.8 Å². The molecule has 4 aromatic rings. The van der Waals surface area contributed by atoms with Gasteiger partial charge in [-0.05, 0) is 43.9 Å². The predicted octanol–water partition coefficient (Wildman–Crippen LogP) is 4.35. The van der Waals surface area contributed by atoms with Crippen LogP contribution in [0.1, 0.15) is 38.2 Å². The smallest absolute Gasteiger partial charge is 0.319 e. The van der Waals surface area contributed by atoms with Crippen molar-refractivity contribution in [2.75, 3.05) is 51.0 Å². The molecule has 3 atom stereocenters. The minimum atomic E-state index is -0.909. The summed E-state index contributed by atoms with van der Waals surface area (Å²) in [5.41, 5.74) is 0.520. The number of nitrogens with zero attached hydrogens (tertiary/aromatic N) is 6. The van der Waals surface area contributed by atoms with Crippen LogP contribution in [0.4, 0.5) is 19.0 Å². The van der Waals surface area contributed by atoms with Crippen molar-refractivity contribution in [3.63, 3.8) is 0 Å². The Morgan fingerprint density at radius 1 is 1.16 bits per heavy atom. The minimum absolute atomic E-state index is 0.00210. The Hall–Kier alpha value is -3.71. The molecule has 1 N–H and O–H groups in total. The van der Waals surface area contributed by atoms with Crippen molar-refractivity contribution < 1.29 is 27.4 Å². The average molecular weight is 596 g/mol. The molecule has 1 aromatic carbocycles. The fourth-order valence-electron chi connectivity index (χ4n) is 7.43. The lowest BCUT2D eigenvalue weighted by Crippen LogP contribution is -2.43. The van der Waals surface area contributed by atoms with E-state index in [0.717, 1.165) is 25.8 Å². The number of pyridine rings is 1. The lowest BCUT2D eigenvalue weighted by molar-refractivity contribution is 0.107. The summed E-state index contributed by atoms with van der Waals surface area (Å²) in [4.78, 5) is 18.3. The van der Waals surface area contributed by atoms with Crippen molar-refractivity contribution in [1.29, 1.82) is 0 Å². The Morgan fingerprint density at radius 3 is 2.95 bits per heavy atom. The molecule has 43 heavy (non-hydrogen) atoms. The van der Waals surface area contributed by atoms with Crippen LogP contribution in [-0.4, -0.2) is 93.9 Å². The molecule has 7 heterocycles. The van der Waals surface area contributed by atoms with Gasteiger partial charge >= 0.3 is 6.01 Å². The first-order chi connectivity index (χ1) is 21.0. The molecule has 3 saturated heterocycles. The van der Waals surface area contributed by atoms with E-state index in [1.807, 2.05) is 6.92 Å². The number of aromatic nitrogens is 5. The van der Waals surface area contributed by atoms with Gasteiger partial charge in [-0.2, -0.15) is 15.1 Å². The van der Waals surface area contributed by atoms with Gasteiger partial charge in [0.2, 0.25) is 5.88 Å². The Labute approximate surface area is 245 Å². The van der Waals surface area contributed by atoms with E-state index >= 15 is 8.78 Å². The number of nitrogens with one attached hydrogen (secondary N) is 1. The first kappa shape index (κ1) is 26.9. The van der Waals surface area contributed by atoms with Crippen LogP contribution in [0.3, 0.4) is 0 Å². The third kappa shape index (κ3) is 4.22. The maximum Gasteiger partial charge on any atom is 0.319 e. The standard InChI is InChI=1S/C30H32F3N7O3/c1-2-18-20(32)9-21-19(11-34-38-21)22(18)25-24(33)26-23-27(40-7-4-8-41-13-17(40)14-42-28(23)35-25)37-29(36-26)43-15-30-5-3-6-39(30)12-16(31)10-30/h9,11,16-17H,2-8,10,12-15H2,1H3,(H,34,38)/t16-,17+,30+/m1/s1. The van der Waals surface area contributed by atoms with E-state index in [4.69, 9.17) is 19.2 Å². The Bertz CT molecular complexity index is 1730. The summed E-state index contributed by atoms with van der Waals surface area (Å²) >= 11 is 0. The van der Waals surface area contributed by atoms with Crippen molar-refractivity contribution in [3.05, 3.63) is 29.5 Å². The average Bonchev–Trinajstić information content (AvgIpc) is 3.60. The lowest BCUT2D eigenvalue weighted by atomic mass is 9.95. The maximum atomic E-state index is 16.9. The van der Waals surface area contributed by atoms with Crippen LogP contribution in [0.2, 0.25) is 0 Å². The van der Waals surface area contributed by atoms with Crippen LogP contribution in [-0.2, 0) is 11.2 Å². The molecule has 3 fully saturated rings. The van der Waals surface area contributed by atoms with Crippen molar-refractivity contribution >= 4 is 27.6 Å². The van der Waals surface area contributed by atoms with Gasteiger partial charge < -0.3 is 19.1 Å². The fraction of sp³-hybridized carbons (Fsp3) is 0.533. The number of rotatable bonds is 5. The summed E-state index contributed by atoms with van der Waals surface area (Å²) in [6.07, 6.45) is 3.87. The van der Waals surface area contributed by atoms with E-state index in [1.165, 1.54) is 6.07 Å². The van der Waals surface area contributed by atoms with Gasteiger partial charge in [0.05, 0.1) is 29.9 Å². The largest absolute Gasteiger partial charge is 0.475 e. The highest BCUT2D eigenvalue weighted by Crippen LogP contribution is 2.44. The molecule has 0 aliphatic carbocycles. The topological polar surface area (TPSA) is 102 Å². The van der Waals surface area contributed by atoms with E-state index in [-0.39, 0.29) is 42.4 Å². The third-order valence-electron chi connectivity index (χ3n) is 9.46. The molecule has 0 saturated carbocycles. The zero-order chi connectivity index (χ0) is 29.3. The molecule has 0 unspecified atom stereocenters. The molecule has 10 nitrogen and oxygen atoms in total. The highest BCUT2D eigenvalue weighted by atomic mass is 19.1. The predicted molar refractivity (Wildman–Crippen MR) is 152 cm³/mol. The van der Waals surface area contributed by atoms with E-state index in [0.29, 0.717) is 72.4 Å². The Morgan fingerprint density at radius 2 is 2.07 bits per heavy atom. The summed E-state index contributed by atoms with van der Waals surface area (Å²) in [6.45, 7) is 5.07. The summed E-state index contributed by atoms with van der Waals surface area (Å²) < 4.78 is 64.9. The zero-order valence-corrected chi connectivity index (χ0v) is 23.8. The molecule has 8 rings (SSSR count). The van der Waals surface area contributed by atoms with Gasteiger partial charge in [-0.15, -0.1) is 0 Å². The van der Waals surface area contributed by atoms with E-state index in [1.54, 1.807) is 6.20 Å². The van der Waals surface area contributed by atoms with Gasteiger partial charge in [0.15, 0.2) is 5.82 Å². The van der Waals surface area contributed by atoms with Crippen LogP contribution in [0, 0.1) is 11.6 Å². The second-order valence-corrected chi connectivity index (χ2v) is 12.0. The molecule has 3 aromatic heterocycles. The van der Waals surface area contributed by atoms with Gasteiger partial charge in [-0.25, -0.2) is 18.2 Å². The first-order valence-electron chi connectivity index (χ1n) is 15.0. The molecule has 226 valence electrons. The van der Waals surface area contributed by atoms with Gasteiger partial charge in [-0.1, -0.05) is 6.92 Å². The summed E-state index contributed by atoms with van der Waals surface area (Å²) in [6, 6.07) is 1.17. The van der Waals surface area contributed by atoms with Crippen LogP contribution in [0.5, 0.6) is 11.9 Å². The number of anilines is 1. The normalized spacial score (nSPS) is 25.4. The molecule has 0 amide bonds. The van der Waals surface area contributed by atoms with Gasteiger partial charge in [0, 0.05) is 37.1 Å². The molecule has 0 radical (unpaired) electrons. The number of aromatic amines is 1.